The molecular formula is C8H7BrN2O2S. The van der Waals surface area contributed by atoms with Gasteiger partial charge in [0.2, 0.25) is 0 Å². The molecule has 2 rings (SSSR count). The van der Waals surface area contributed by atoms with E-state index in [1.54, 1.807) is 12.1 Å². The predicted molar refractivity (Wildman–Crippen MR) is 58.6 cm³/mol. The molecule has 0 saturated carbocycles. The Morgan fingerprint density at radius 1 is 1.64 bits per heavy atom. The molecule has 6 heteroatoms. The first kappa shape index (κ1) is 9.79. The van der Waals surface area contributed by atoms with E-state index in [4.69, 9.17) is 4.42 Å². The van der Waals surface area contributed by atoms with Crippen molar-refractivity contribution in [3.05, 3.63) is 22.6 Å². The summed E-state index contributed by atoms with van der Waals surface area (Å²) in [6.45, 7) is 0.766. The number of hydrogen-bond donors (Lipinski definition) is 1. The van der Waals surface area contributed by atoms with Gasteiger partial charge in [-0.05, 0) is 28.1 Å². The Kier molecular flexibility index (Phi) is 2.93. The van der Waals surface area contributed by atoms with Crippen molar-refractivity contribution in [3.63, 3.8) is 0 Å². The third-order valence-corrected chi connectivity index (χ3v) is 2.92. The van der Waals surface area contributed by atoms with Gasteiger partial charge in [0.05, 0.1) is 6.54 Å². The minimum atomic E-state index is -0.260. The highest BCUT2D eigenvalue weighted by Gasteiger charge is 2.14. The topological polar surface area (TPSA) is 54.6 Å². The Hall–Kier alpha value is -0.750. The lowest BCUT2D eigenvalue weighted by Gasteiger charge is -1.99. The van der Waals surface area contributed by atoms with Crippen LogP contribution in [0.3, 0.4) is 0 Å². The first-order chi connectivity index (χ1) is 6.75. The molecule has 1 amide bonds. The molecule has 0 saturated heterocycles. The third kappa shape index (κ3) is 2.19. The fourth-order valence-corrected chi connectivity index (χ4v) is 2.04. The van der Waals surface area contributed by atoms with Gasteiger partial charge in [-0.25, -0.2) is 0 Å². The second kappa shape index (κ2) is 4.18. The Balaban J connectivity index is 2.02. The van der Waals surface area contributed by atoms with Crippen molar-refractivity contribution in [1.82, 2.24) is 5.32 Å². The van der Waals surface area contributed by atoms with Gasteiger partial charge < -0.3 is 4.42 Å². The van der Waals surface area contributed by atoms with Crippen LogP contribution in [0.25, 0.3) is 0 Å². The first-order valence-corrected chi connectivity index (χ1v) is 5.77. The summed E-state index contributed by atoms with van der Waals surface area (Å²) in [5.41, 5.74) is 0. The van der Waals surface area contributed by atoms with E-state index in [1.165, 1.54) is 11.8 Å². The van der Waals surface area contributed by atoms with Crippen LogP contribution in [-0.2, 0) is 0 Å². The number of amides is 1. The van der Waals surface area contributed by atoms with Crippen molar-refractivity contribution >= 4 is 38.8 Å². The van der Waals surface area contributed by atoms with Gasteiger partial charge in [0.15, 0.2) is 15.6 Å². The molecule has 0 bridgehead atoms. The zero-order chi connectivity index (χ0) is 9.97. The van der Waals surface area contributed by atoms with Crippen LogP contribution >= 0.6 is 27.7 Å². The van der Waals surface area contributed by atoms with E-state index < -0.39 is 0 Å². The van der Waals surface area contributed by atoms with Gasteiger partial charge in [-0.15, -0.1) is 0 Å². The maximum Gasteiger partial charge on any atom is 0.292 e. The van der Waals surface area contributed by atoms with Crippen LogP contribution in [0.2, 0.25) is 0 Å². The Bertz CT molecular complexity index is 388. The minimum Gasteiger partial charge on any atom is -0.444 e. The summed E-state index contributed by atoms with van der Waals surface area (Å²) in [4.78, 5) is 15.6. The fourth-order valence-electron chi connectivity index (χ4n) is 1.01. The van der Waals surface area contributed by atoms with E-state index in [0.717, 1.165) is 12.3 Å². The second-order valence-corrected chi connectivity index (χ2v) is 4.46. The summed E-state index contributed by atoms with van der Waals surface area (Å²) in [5, 5.41) is 3.34. The molecule has 1 aromatic heterocycles. The van der Waals surface area contributed by atoms with Gasteiger partial charge in [0, 0.05) is 5.75 Å². The summed E-state index contributed by atoms with van der Waals surface area (Å²) < 4.78 is 5.64. The van der Waals surface area contributed by atoms with Crippen LogP contribution in [0, 0.1) is 0 Å². The Morgan fingerprint density at radius 3 is 3.07 bits per heavy atom. The van der Waals surface area contributed by atoms with Crippen molar-refractivity contribution in [2.75, 3.05) is 12.3 Å². The highest BCUT2D eigenvalue weighted by molar-refractivity contribution is 9.10. The van der Waals surface area contributed by atoms with Crippen LogP contribution < -0.4 is 5.32 Å². The summed E-state index contributed by atoms with van der Waals surface area (Å²) in [6.07, 6.45) is 0. The van der Waals surface area contributed by atoms with Crippen LogP contribution in [0.4, 0.5) is 0 Å². The zero-order valence-corrected chi connectivity index (χ0v) is 9.52. The molecule has 0 spiro atoms. The molecule has 1 N–H and O–H groups in total. The first-order valence-electron chi connectivity index (χ1n) is 3.99. The number of thioether (sulfide) groups is 1. The number of nitrogens with one attached hydrogen (secondary N) is 1. The van der Waals surface area contributed by atoms with E-state index in [1.807, 2.05) is 0 Å². The second-order valence-electron chi connectivity index (χ2n) is 2.59. The van der Waals surface area contributed by atoms with Gasteiger partial charge in [-0.1, -0.05) is 11.8 Å². The SMILES string of the molecule is O=C(NC1=NCCS1)c1ccc(Br)o1. The van der Waals surface area contributed by atoms with Gasteiger partial charge in [0.25, 0.3) is 5.91 Å². The Morgan fingerprint density at radius 2 is 2.50 bits per heavy atom. The van der Waals surface area contributed by atoms with E-state index in [0.29, 0.717) is 9.84 Å². The number of carbonyl (C=O) groups excluding carboxylic acids is 1. The van der Waals surface area contributed by atoms with Crippen LogP contribution in [0.15, 0.2) is 26.2 Å². The molecule has 14 heavy (non-hydrogen) atoms. The quantitative estimate of drug-likeness (QED) is 0.851. The van der Waals surface area contributed by atoms with Gasteiger partial charge in [-0.3, -0.25) is 15.1 Å². The van der Waals surface area contributed by atoms with E-state index in [9.17, 15) is 4.79 Å². The molecule has 0 aliphatic carbocycles. The van der Waals surface area contributed by atoms with Gasteiger partial charge >= 0.3 is 0 Å². The lowest BCUT2D eigenvalue weighted by molar-refractivity contribution is 0.0949. The average molecular weight is 275 g/mol. The monoisotopic (exact) mass is 274 g/mol. The standard InChI is InChI=1S/C8H7BrN2O2S/c9-6-2-1-5(13-6)7(12)11-8-10-3-4-14-8/h1-2H,3-4H2,(H,10,11,12). The van der Waals surface area contributed by atoms with Crippen LogP contribution in [0.1, 0.15) is 10.6 Å². The molecule has 0 atom stereocenters. The highest BCUT2D eigenvalue weighted by atomic mass is 79.9. The molecule has 0 fully saturated rings. The molecule has 0 unspecified atom stereocenters. The molecule has 2 heterocycles. The smallest absolute Gasteiger partial charge is 0.292 e. The summed E-state index contributed by atoms with van der Waals surface area (Å²) >= 11 is 4.67. The summed E-state index contributed by atoms with van der Waals surface area (Å²) in [7, 11) is 0. The number of carbonyl (C=O) groups is 1. The minimum absolute atomic E-state index is 0.260. The van der Waals surface area contributed by atoms with Crippen molar-refractivity contribution in [2.24, 2.45) is 4.99 Å². The van der Waals surface area contributed by atoms with Crippen LogP contribution in [0.5, 0.6) is 0 Å². The number of rotatable bonds is 1. The molecule has 1 aromatic rings. The lowest BCUT2D eigenvalue weighted by Crippen LogP contribution is -2.26. The average Bonchev–Trinajstić information content (AvgIpc) is 2.75. The predicted octanol–water partition coefficient (Wildman–Crippen LogP) is 1.87. The van der Waals surface area contributed by atoms with Crippen molar-refractivity contribution in [2.45, 2.75) is 0 Å². The maximum atomic E-state index is 11.5. The van der Waals surface area contributed by atoms with Gasteiger partial charge in [0.1, 0.15) is 0 Å². The van der Waals surface area contributed by atoms with E-state index >= 15 is 0 Å². The van der Waals surface area contributed by atoms with E-state index in [2.05, 4.69) is 26.2 Å². The summed E-state index contributed by atoms with van der Waals surface area (Å²) in [6, 6.07) is 3.29. The highest BCUT2D eigenvalue weighted by Crippen LogP contribution is 2.15. The molecular weight excluding hydrogens is 268 g/mol. The zero-order valence-electron chi connectivity index (χ0n) is 7.12. The van der Waals surface area contributed by atoms with Crippen LogP contribution in [-0.4, -0.2) is 23.4 Å². The number of hydrogen-bond acceptors (Lipinski definition) is 4. The number of furan rings is 1. The summed E-state index contributed by atoms with van der Waals surface area (Å²) in [5.74, 6) is 0.952. The Labute approximate surface area is 93.3 Å². The number of amidine groups is 1. The van der Waals surface area contributed by atoms with Gasteiger partial charge in [-0.2, -0.15) is 0 Å². The molecule has 4 nitrogen and oxygen atoms in total. The third-order valence-electron chi connectivity index (χ3n) is 1.60. The van der Waals surface area contributed by atoms with E-state index in [-0.39, 0.29) is 11.7 Å². The molecule has 0 aromatic carbocycles. The lowest BCUT2D eigenvalue weighted by atomic mass is 10.4. The van der Waals surface area contributed by atoms with Crippen molar-refractivity contribution in [3.8, 4) is 0 Å². The normalized spacial score (nSPS) is 15.4. The van der Waals surface area contributed by atoms with Crippen molar-refractivity contribution < 1.29 is 9.21 Å². The number of halogens is 1. The molecule has 1 aliphatic rings. The fraction of sp³-hybridized carbons (Fsp3) is 0.250. The molecule has 0 radical (unpaired) electrons. The number of aliphatic imine (C=N–C) groups is 1. The largest absolute Gasteiger partial charge is 0.444 e. The van der Waals surface area contributed by atoms with Crippen molar-refractivity contribution in [1.29, 1.82) is 0 Å². The maximum absolute atomic E-state index is 11.5. The molecule has 74 valence electrons. The molecule has 1 aliphatic heterocycles. The number of nitrogens with zero attached hydrogens (tertiary/aromatic N) is 1.